The van der Waals surface area contributed by atoms with Crippen molar-refractivity contribution in [3.8, 4) is 0 Å². The highest BCUT2D eigenvalue weighted by molar-refractivity contribution is 5.76. The molecule has 0 saturated carbocycles. The average Bonchev–Trinajstić information content (AvgIpc) is 2.53. The maximum Gasteiger partial charge on any atom is 0.222 e. The predicted octanol–water partition coefficient (Wildman–Crippen LogP) is 1.50. The highest BCUT2D eigenvalue weighted by Gasteiger charge is 2.11. The lowest BCUT2D eigenvalue weighted by atomic mass is 9.97. The molecule has 25 heavy (non-hydrogen) atoms. The van der Waals surface area contributed by atoms with E-state index < -0.39 is 0 Å². The second-order valence-electron chi connectivity index (χ2n) is 7.02. The molecule has 0 bridgehead atoms. The third kappa shape index (κ3) is 19.0. The van der Waals surface area contributed by atoms with E-state index in [-0.39, 0.29) is 17.2 Å². The third-order valence-corrected chi connectivity index (χ3v) is 3.08. The summed E-state index contributed by atoms with van der Waals surface area (Å²) in [5, 5.41) is 5.66. The summed E-state index contributed by atoms with van der Waals surface area (Å²) in [6.45, 7) is 12.2. The summed E-state index contributed by atoms with van der Waals surface area (Å²) in [7, 11) is 0. The first-order valence-corrected chi connectivity index (χ1v) is 9.12. The quantitative estimate of drug-likeness (QED) is 0.432. The SMILES string of the molecule is CCCC(=O)NCCOCCOCCOCCC(=O)NCC(C)(C)C. The van der Waals surface area contributed by atoms with Crippen LogP contribution in [-0.4, -0.2) is 64.5 Å². The number of rotatable bonds is 15. The average molecular weight is 360 g/mol. The fraction of sp³-hybridized carbons (Fsp3) is 0.889. The molecule has 0 aliphatic rings. The molecule has 148 valence electrons. The Morgan fingerprint density at radius 1 is 0.760 bits per heavy atom. The van der Waals surface area contributed by atoms with Gasteiger partial charge in [-0.3, -0.25) is 9.59 Å². The summed E-state index contributed by atoms with van der Waals surface area (Å²) < 4.78 is 16.1. The van der Waals surface area contributed by atoms with E-state index >= 15 is 0 Å². The number of hydrogen-bond donors (Lipinski definition) is 2. The molecule has 0 aliphatic heterocycles. The summed E-state index contributed by atoms with van der Waals surface area (Å²) in [6, 6.07) is 0. The van der Waals surface area contributed by atoms with Crippen molar-refractivity contribution in [2.75, 3.05) is 52.7 Å². The minimum atomic E-state index is 0.00951. The molecule has 0 radical (unpaired) electrons. The number of ether oxygens (including phenoxy) is 3. The Balaban J connectivity index is 3.24. The molecule has 0 spiro atoms. The Bertz CT molecular complexity index is 356. The van der Waals surface area contributed by atoms with Crippen LogP contribution in [0.4, 0.5) is 0 Å². The summed E-state index contributed by atoms with van der Waals surface area (Å²) in [5.41, 5.74) is 0.0908. The van der Waals surface area contributed by atoms with Crippen molar-refractivity contribution < 1.29 is 23.8 Å². The van der Waals surface area contributed by atoms with Gasteiger partial charge in [0.1, 0.15) is 0 Å². The zero-order valence-corrected chi connectivity index (χ0v) is 16.3. The van der Waals surface area contributed by atoms with Gasteiger partial charge < -0.3 is 24.8 Å². The molecular weight excluding hydrogens is 324 g/mol. The van der Waals surface area contributed by atoms with Gasteiger partial charge >= 0.3 is 0 Å². The zero-order valence-electron chi connectivity index (χ0n) is 16.3. The van der Waals surface area contributed by atoms with Gasteiger partial charge in [0.15, 0.2) is 0 Å². The van der Waals surface area contributed by atoms with Gasteiger partial charge in [0.2, 0.25) is 11.8 Å². The van der Waals surface area contributed by atoms with Crippen molar-refractivity contribution in [2.24, 2.45) is 5.41 Å². The van der Waals surface area contributed by atoms with E-state index in [0.29, 0.717) is 65.6 Å². The van der Waals surface area contributed by atoms with E-state index in [9.17, 15) is 9.59 Å². The van der Waals surface area contributed by atoms with Crippen LogP contribution in [0.3, 0.4) is 0 Å². The van der Waals surface area contributed by atoms with Crippen LogP contribution in [0.2, 0.25) is 0 Å². The van der Waals surface area contributed by atoms with E-state index in [2.05, 4.69) is 31.4 Å². The van der Waals surface area contributed by atoms with E-state index in [4.69, 9.17) is 14.2 Å². The molecule has 7 nitrogen and oxygen atoms in total. The highest BCUT2D eigenvalue weighted by Crippen LogP contribution is 2.10. The van der Waals surface area contributed by atoms with Gasteiger partial charge in [-0.15, -0.1) is 0 Å². The first-order valence-electron chi connectivity index (χ1n) is 9.12. The Morgan fingerprint density at radius 2 is 1.28 bits per heavy atom. The minimum Gasteiger partial charge on any atom is -0.379 e. The van der Waals surface area contributed by atoms with E-state index in [1.54, 1.807) is 0 Å². The Morgan fingerprint density at radius 3 is 1.84 bits per heavy atom. The van der Waals surface area contributed by atoms with Crippen molar-refractivity contribution in [3.05, 3.63) is 0 Å². The van der Waals surface area contributed by atoms with Crippen molar-refractivity contribution in [1.29, 1.82) is 0 Å². The number of nitrogens with one attached hydrogen (secondary N) is 2. The molecule has 0 aliphatic carbocycles. The minimum absolute atomic E-state index is 0.00951. The monoisotopic (exact) mass is 360 g/mol. The van der Waals surface area contributed by atoms with Crippen molar-refractivity contribution >= 4 is 11.8 Å². The summed E-state index contributed by atoms with van der Waals surface area (Å²) >= 11 is 0. The predicted molar refractivity (Wildman–Crippen MR) is 97.5 cm³/mol. The fourth-order valence-corrected chi connectivity index (χ4v) is 1.74. The Labute approximate surface area is 152 Å². The van der Waals surface area contributed by atoms with Crippen LogP contribution in [0.15, 0.2) is 0 Å². The van der Waals surface area contributed by atoms with Gasteiger partial charge in [0.25, 0.3) is 0 Å². The van der Waals surface area contributed by atoms with Gasteiger partial charge in [-0.1, -0.05) is 27.7 Å². The first-order chi connectivity index (χ1) is 11.8. The summed E-state index contributed by atoms with van der Waals surface area (Å²) in [5.74, 6) is 0.0712. The molecule has 7 heteroatoms. The normalized spacial score (nSPS) is 11.4. The van der Waals surface area contributed by atoms with Crippen LogP contribution >= 0.6 is 0 Å². The van der Waals surface area contributed by atoms with E-state index in [1.807, 2.05) is 6.92 Å². The molecule has 0 atom stereocenters. The summed E-state index contributed by atoms with van der Waals surface area (Å²) in [4.78, 5) is 22.8. The number of hydrogen-bond acceptors (Lipinski definition) is 5. The lowest BCUT2D eigenvalue weighted by Crippen LogP contribution is -2.32. The maximum absolute atomic E-state index is 11.6. The van der Waals surface area contributed by atoms with Crippen LogP contribution in [-0.2, 0) is 23.8 Å². The highest BCUT2D eigenvalue weighted by atomic mass is 16.5. The van der Waals surface area contributed by atoms with Crippen LogP contribution < -0.4 is 10.6 Å². The lowest BCUT2D eigenvalue weighted by Gasteiger charge is -2.18. The van der Waals surface area contributed by atoms with Crippen molar-refractivity contribution in [2.45, 2.75) is 47.0 Å². The second kappa shape index (κ2) is 15.1. The number of carbonyl (C=O) groups excluding carboxylic acids is 2. The second-order valence-corrected chi connectivity index (χ2v) is 7.02. The van der Waals surface area contributed by atoms with Crippen LogP contribution in [0.5, 0.6) is 0 Å². The topological polar surface area (TPSA) is 85.9 Å². The first kappa shape index (κ1) is 23.8. The van der Waals surface area contributed by atoms with Gasteiger partial charge in [-0.2, -0.15) is 0 Å². The van der Waals surface area contributed by atoms with Gasteiger partial charge in [-0.05, 0) is 11.8 Å². The molecular formula is C18H36N2O5. The molecule has 0 aromatic heterocycles. The Kier molecular flexibility index (Phi) is 14.4. The molecule has 0 aromatic rings. The smallest absolute Gasteiger partial charge is 0.222 e. The zero-order chi connectivity index (χ0) is 19.0. The molecule has 0 unspecified atom stereocenters. The van der Waals surface area contributed by atoms with Crippen molar-refractivity contribution in [1.82, 2.24) is 10.6 Å². The molecule has 2 N–H and O–H groups in total. The third-order valence-electron chi connectivity index (χ3n) is 3.08. The fourth-order valence-electron chi connectivity index (χ4n) is 1.74. The molecule has 0 saturated heterocycles. The van der Waals surface area contributed by atoms with Crippen LogP contribution in [0, 0.1) is 5.41 Å². The van der Waals surface area contributed by atoms with E-state index in [1.165, 1.54) is 0 Å². The molecule has 0 rings (SSSR count). The van der Waals surface area contributed by atoms with Crippen LogP contribution in [0.1, 0.15) is 47.0 Å². The van der Waals surface area contributed by atoms with Crippen LogP contribution in [0.25, 0.3) is 0 Å². The largest absolute Gasteiger partial charge is 0.379 e. The maximum atomic E-state index is 11.6. The van der Waals surface area contributed by atoms with Gasteiger partial charge in [-0.25, -0.2) is 0 Å². The summed E-state index contributed by atoms with van der Waals surface area (Å²) in [6.07, 6.45) is 1.77. The Hall–Kier alpha value is -1.18. The lowest BCUT2D eigenvalue weighted by molar-refractivity contribution is -0.123. The van der Waals surface area contributed by atoms with Gasteiger partial charge in [0.05, 0.1) is 39.6 Å². The molecule has 0 aromatic carbocycles. The van der Waals surface area contributed by atoms with Crippen molar-refractivity contribution in [3.63, 3.8) is 0 Å². The molecule has 0 fully saturated rings. The van der Waals surface area contributed by atoms with Gasteiger partial charge in [0, 0.05) is 25.9 Å². The molecule has 2 amide bonds. The van der Waals surface area contributed by atoms with E-state index in [0.717, 1.165) is 6.42 Å². The number of carbonyl (C=O) groups is 2. The standard InChI is InChI=1S/C18H36N2O5/c1-5-6-16(21)19-8-10-24-12-14-25-13-11-23-9-7-17(22)20-15-18(2,3)4/h5-15H2,1-4H3,(H,19,21)(H,20,22). The number of amides is 2. The molecule has 0 heterocycles.